The number of carboxylic acids is 1. The van der Waals surface area contributed by atoms with Crippen LogP contribution in [0.3, 0.4) is 0 Å². The summed E-state index contributed by atoms with van der Waals surface area (Å²) < 4.78 is 0. The minimum Gasteiger partial charge on any atom is -0.481 e. The predicted octanol–water partition coefficient (Wildman–Crippen LogP) is 1.50. The van der Waals surface area contributed by atoms with Gasteiger partial charge in [-0.15, -0.1) is 0 Å². The number of rotatable bonds is 5. The lowest BCUT2D eigenvalue weighted by atomic mass is 10.1. The van der Waals surface area contributed by atoms with Crippen molar-refractivity contribution in [3.8, 4) is 0 Å². The molecule has 106 valence electrons. The standard InChI is InChI=1S/C13H14N2O5/c1-8-3-2-4-9(10(8)15(19)20)11(16)14-7-13(5-6-13)12(17)18/h2-4H,5-7H2,1H3,(H,14,16)(H,17,18). The van der Waals surface area contributed by atoms with Gasteiger partial charge >= 0.3 is 5.97 Å². The van der Waals surface area contributed by atoms with Crippen LogP contribution in [0, 0.1) is 22.5 Å². The molecule has 2 rings (SSSR count). The van der Waals surface area contributed by atoms with Crippen LogP contribution in [0.2, 0.25) is 0 Å². The molecule has 1 saturated carbocycles. The van der Waals surface area contributed by atoms with E-state index in [-0.39, 0.29) is 17.8 Å². The number of nitro groups is 1. The largest absolute Gasteiger partial charge is 0.481 e. The maximum Gasteiger partial charge on any atom is 0.311 e. The van der Waals surface area contributed by atoms with Gasteiger partial charge in [0.2, 0.25) is 0 Å². The number of para-hydroxylation sites is 1. The molecule has 1 amide bonds. The van der Waals surface area contributed by atoms with Gasteiger partial charge in [-0.05, 0) is 25.8 Å². The third-order valence-corrected chi connectivity index (χ3v) is 3.56. The van der Waals surface area contributed by atoms with E-state index in [4.69, 9.17) is 5.11 Å². The smallest absolute Gasteiger partial charge is 0.311 e. The molecule has 0 aliphatic heterocycles. The number of hydrogen-bond acceptors (Lipinski definition) is 4. The number of amides is 1. The van der Waals surface area contributed by atoms with E-state index < -0.39 is 22.2 Å². The van der Waals surface area contributed by atoms with Crippen LogP contribution in [-0.2, 0) is 4.79 Å². The second kappa shape index (κ2) is 4.92. The van der Waals surface area contributed by atoms with Crippen molar-refractivity contribution in [2.75, 3.05) is 6.54 Å². The van der Waals surface area contributed by atoms with Crippen molar-refractivity contribution in [2.45, 2.75) is 19.8 Å². The minimum atomic E-state index is -0.948. The molecule has 20 heavy (non-hydrogen) atoms. The average Bonchev–Trinajstić information content (AvgIpc) is 3.16. The van der Waals surface area contributed by atoms with Gasteiger partial charge in [-0.1, -0.05) is 12.1 Å². The van der Waals surface area contributed by atoms with Crippen LogP contribution in [0.4, 0.5) is 5.69 Å². The van der Waals surface area contributed by atoms with E-state index >= 15 is 0 Å². The Hall–Kier alpha value is -2.44. The van der Waals surface area contributed by atoms with E-state index in [0.717, 1.165) is 0 Å². The first-order chi connectivity index (χ1) is 9.37. The third-order valence-electron chi connectivity index (χ3n) is 3.56. The molecule has 1 aliphatic rings. The van der Waals surface area contributed by atoms with E-state index in [9.17, 15) is 19.7 Å². The third kappa shape index (κ3) is 2.47. The molecular formula is C13H14N2O5. The summed E-state index contributed by atoms with van der Waals surface area (Å²) in [6.45, 7) is 1.54. The number of nitrogens with one attached hydrogen (secondary N) is 1. The van der Waals surface area contributed by atoms with E-state index in [1.165, 1.54) is 6.07 Å². The van der Waals surface area contributed by atoms with Crippen LogP contribution in [0.1, 0.15) is 28.8 Å². The van der Waals surface area contributed by atoms with E-state index in [0.29, 0.717) is 18.4 Å². The van der Waals surface area contributed by atoms with E-state index in [1.807, 2.05) is 0 Å². The maximum absolute atomic E-state index is 12.0. The molecule has 0 radical (unpaired) electrons. The van der Waals surface area contributed by atoms with Gasteiger partial charge in [0.25, 0.3) is 11.6 Å². The van der Waals surface area contributed by atoms with Gasteiger partial charge in [0.05, 0.1) is 10.3 Å². The lowest BCUT2D eigenvalue weighted by molar-refractivity contribution is -0.385. The minimum absolute atomic E-state index is 0.00768. The van der Waals surface area contributed by atoms with Gasteiger partial charge in [0.1, 0.15) is 5.56 Å². The fourth-order valence-electron chi connectivity index (χ4n) is 2.05. The zero-order valence-electron chi connectivity index (χ0n) is 10.9. The molecule has 1 aromatic carbocycles. The number of nitrogens with zero attached hydrogens (tertiary/aromatic N) is 1. The van der Waals surface area contributed by atoms with Crippen LogP contribution in [0.15, 0.2) is 18.2 Å². The van der Waals surface area contributed by atoms with Crippen LogP contribution in [-0.4, -0.2) is 28.5 Å². The van der Waals surface area contributed by atoms with Gasteiger partial charge in [-0.25, -0.2) is 0 Å². The van der Waals surface area contributed by atoms with Crippen molar-refractivity contribution in [3.05, 3.63) is 39.4 Å². The summed E-state index contributed by atoms with van der Waals surface area (Å²) in [5.41, 5.74) is -0.794. The molecule has 0 spiro atoms. The number of carbonyl (C=O) groups is 2. The van der Waals surface area contributed by atoms with Crippen molar-refractivity contribution in [1.29, 1.82) is 0 Å². The second-order valence-electron chi connectivity index (χ2n) is 5.00. The topological polar surface area (TPSA) is 110 Å². The van der Waals surface area contributed by atoms with Crippen molar-refractivity contribution in [2.24, 2.45) is 5.41 Å². The van der Waals surface area contributed by atoms with Crippen LogP contribution in [0.5, 0.6) is 0 Å². The first-order valence-electron chi connectivity index (χ1n) is 6.13. The molecule has 1 aliphatic carbocycles. The summed E-state index contributed by atoms with van der Waals surface area (Å²) in [6, 6.07) is 4.47. The van der Waals surface area contributed by atoms with E-state index in [2.05, 4.69) is 5.32 Å². The number of carboxylic acid groups (broad SMARTS) is 1. The second-order valence-corrected chi connectivity index (χ2v) is 5.00. The van der Waals surface area contributed by atoms with Gasteiger partial charge < -0.3 is 10.4 Å². The average molecular weight is 278 g/mol. The highest BCUT2D eigenvalue weighted by Crippen LogP contribution is 2.45. The molecule has 1 fully saturated rings. The van der Waals surface area contributed by atoms with Crippen LogP contribution < -0.4 is 5.32 Å². The molecule has 0 heterocycles. The first-order valence-corrected chi connectivity index (χ1v) is 6.13. The van der Waals surface area contributed by atoms with Crippen molar-refractivity contribution >= 4 is 17.6 Å². The summed E-state index contributed by atoms with van der Waals surface area (Å²) in [5.74, 6) is -1.57. The molecule has 0 unspecified atom stereocenters. The Morgan fingerprint density at radius 3 is 2.60 bits per heavy atom. The number of aryl methyl sites for hydroxylation is 1. The van der Waals surface area contributed by atoms with Gasteiger partial charge in [-0.2, -0.15) is 0 Å². The SMILES string of the molecule is Cc1cccc(C(=O)NCC2(C(=O)O)CC2)c1[N+](=O)[O-]. The highest BCUT2D eigenvalue weighted by Gasteiger charge is 2.50. The lowest BCUT2D eigenvalue weighted by Crippen LogP contribution is -2.34. The van der Waals surface area contributed by atoms with Crippen molar-refractivity contribution in [3.63, 3.8) is 0 Å². The number of benzene rings is 1. The molecule has 7 nitrogen and oxygen atoms in total. The summed E-state index contributed by atoms with van der Waals surface area (Å²) in [7, 11) is 0. The summed E-state index contributed by atoms with van der Waals surface area (Å²) in [6.07, 6.45) is 1.02. The molecule has 0 saturated heterocycles. The zero-order chi connectivity index (χ0) is 14.9. The lowest BCUT2D eigenvalue weighted by Gasteiger charge is -2.11. The van der Waals surface area contributed by atoms with Gasteiger partial charge in [-0.3, -0.25) is 19.7 Å². The first kappa shape index (κ1) is 14.0. The Labute approximate surface area is 114 Å². The fraction of sp³-hybridized carbons (Fsp3) is 0.385. The van der Waals surface area contributed by atoms with Gasteiger partial charge in [0, 0.05) is 12.1 Å². The number of nitro benzene ring substituents is 1. The number of hydrogen-bond donors (Lipinski definition) is 2. The summed E-state index contributed by atoms with van der Waals surface area (Å²) in [4.78, 5) is 33.4. The quantitative estimate of drug-likeness (QED) is 0.626. The molecule has 0 bridgehead atoms. The molecule has 0 aromatic heterocycles. The molecule has 2 N–H and O–H groups in total. The van der Waals surface area contributed by atoms with Crippen LogP contribution >= 0.6 is 0 Å². The molecular weight excluding hydrogens is 264 g/mol. The molecule has 0 atom stereocenters. The Kier molecular flexibility index (Phi) is 3.44. The van der Waals surface area contributed by atoms with Crippen molar-refractivity contribution in [1.82, 2.24) is 5.32 Å². The van der Waals surface area contributed by atoms with Gasteiger partial charge in [0.15, 0.2) is 0 Å². The molecule has 1 aromatic rings. The maximum atomic E-state index is 12.0. The summed E-state index contributed by atoms with van der Waals surface area (Å²) in [5, 5.41) is 22.5. The Balaban J connectivity index is 2.16. The zero-order valence-corrected chi connectivity index (χ0v) is 10.9. The Bertz CT molecular complexity index is 592. The number of aliphatic carboxylic acids is 1. The van der Waals surface area contributed by atoms with Crippen LogP contribution in [0.25, 0.3) is 0 Å². The Morgan fingerprint density at radius 1 is 1.45 bits per heavy atom. The van der Waals surface area contributed by atoms with E-state index in [1.54, 1.807) is 19.1 Å². The highest BCUT2D eigenvalue weighted by atomic mass is 16.6. The Morgan fingerprint density at radius 2 is 2.10 bits per heavy atom. The highest BCUT2D eigenvalue weighted by molar-refractivity contribution is 5.99. The predicted molar refractivity (Wildman–Crippen MR) is 69.5 cm³/mol. The normalized spacial score (nSPS) is 15.4. The number of carbonyl (C=O) groups excluding carboxylic acids is 1. The molecule has 7 heteroatoms. The summed E-state index contributed by atoms with van der Waals surface area (Å²) >= 11 is 0. The van der Waals surface area contributed by atoms with Crippen molar-refractivity contribution < 1.29 is 19.6 Å². The fourth-order valence-corrected chi connectivity index (χ4v) is 2.05. The monoisotopic (exact) mass is 278 g/mol.